The van der Waals surface area contributed by atoms with E-state index in [1.165, 1.54) is 6.92 Å². The minimum Gasteiger partial charge on any atom is -0.476 e. The number of aromatic nitrogens is 4. The van der Waals surface area contributed by atoms with Crippen LogP contribution in [0.4, 0.5) is 5.82 Å². The summed E-state index contributed by atoms with van der Waals surface area (Å²) in [5, 5.41) is 21.3. The van der Waals surface area contributed by atoms with Crippen molar-refractivity contribution < 1.29 is 18.3 Å². The van der Waals surface area contributed by atoms with Gasteiger partial charge in [0.1, 0.15) is 4.90 Å². The molecular formula is C10H13N5O4S. The zero-order valence-electron chi connectivity index (χ0n) is 11.0. The average Bonchev–Trinajstić information content (AvgIpc) is 2.87. The summed E-state index contributed by atoms with van der Waals surface area (Å²) in [7, 11) is -4.09. The van der Waals surface area contributed by atoms with Crippen LogP contribution in [-0.4, -0.2) is 39.9 Å². The highest BCUT2D eigenvalue weighted by molar-refractivity contribution is 7.92. The Morgan fingerprint density at radius 2 is 1.75 bits per heavy atom. The van der Waals surface area contributed by atoms with Gasteiger partial charge in [-0.25, -0.2) is 13.2 Å². The van der Waals surface area contributed by atoms with Crippen LogP contribution in [-0.2, 0) is 10.0 Å². The molecule has 0 saturated heterocycles. The molecule has 2 aromatic rings. The van der Waals surface area contributed by atoms with Crippen LogP contribution in [0.15, 0.2) is 4.90 Å². The molecule has 0 aliphatic rings. The molecule has 0 aliphatic carbocycles. The van der Waals surface area contributed by atoms with Gasteiger partial charge in [0.15, 0.2) is 11.5 Å². The van der Waals surface area contributed by atoms with Gasteiger partial charge in [0, 0.05) is 11.3 Å². The maximum absolute atomic E-state index is 12.3. The highest BCUT2D eigenvalue weighted by Gasteiger charge is 2.29. The molecule has 10 heteroatoms. The lowest BCUT2D eigenvalue weighted by molar-refractivity contribution is 0.0686. The number of H-pyrrole nitrogens is 2. The van der Waals surface area contributed by atoms with E-state index < -0.39 is 26.6 Å². The normalized spacial score (nSPS) is 11.6. The Morgan fingerprint density at radius 3 is 2.25 bits per heavy atom. The Labute approximate surface area is 114 Å². The lowest BCUT2D eigenvalue weighted by atomic mass is 10.3. The number of rotatable bonds is 4. The summed E-state index contributed by atoms with van der Waals surface area (Å²) in [5.74, 6) is -1.30. The van der Waals surface area contributed by atoms with Crippen molar-refractivity contribution in [3.8, 4) is 0 Å². The van der Waals surface area contributed by atoms with Crippen molar-refractivity contribution in [1.29, 1.82) is 0 Å². The number of carboxylic acids is 1. The Hall–Kier alpha value is -2.36. The van der Waals surface area contributed by atoms with E-state index in [4.69, 9.17) is 5.11 Å². The van der Waals surface area contributed by atoms with Crippen LogP contribution in [0.1, 0.15) is 27.4 Å². The molecule has 0 aliphatic heterocycles. The van der Waals surface area contributed by atoms with Crippen LogP contribution >= 0.6 is 0 Å². The second-order valence-corrected chi connectivity index (χ2v) is 5.88. The quantitative estimate of drug-likeness (QED) is 0.650. The zero-order valence-corrected chi connectivity index (χ0v) is 11.8. The molecule has 0 aromatic carbocycles. The number of hydrogen-bond acceptors (Lipinski definition) is 5. The molecule has 0 bridgehead atoms. The summed E-state index contributed by atoms with van der Waals surface area (Å²) in [4.78, 5) is 10.6. The summed E-state index contributed by atoms with van der Waals surface area (Å²) in [5.41, 5.74) is 0.927. The summed E-state index contributed by atoms with van der Waals surface area (Å²) in [6.45, 7) is 4.86. The van der Waals surface area contributed by atoms with Gasteiger partial charge in [0.05, 0.1) is 5.69 Å². The molecule has 9 nitrogen and oxygen atoms in total. The topological polar surface area (TPSA) is 141 Å². The number of aromatic amines is 2. The van der Waals surface area contributed by atoms with E-state index in [-0.39, 0.29) is 11.5 Å². The number of anilines is 1. The van der Waals surface area contributed by atoms with E-state index in [9.17, 15) is 13.2 Å². The fraction of sp³-hybridized carbons (Fsp3) is 0.300. The van der Waals surface area contributed by atoms with Crippen LogP contribution in [0.3, 0.4) is 0 Å². The van der Waals surface area contributed by atoms with E-state index in [1.54, 1.807) is 13.8 Å². The predicted octanol–water partition coefficient (Wildman–Crippen LogP) is 0.557. The summed E-state index contributed by atoms with van der Waals surface area (Å²) >= 11 is 0. The maximum atomic E-state index is 12.3. The SMILES string of the molecule is Cc1[nH]nc(NS(=O)(=O)c2c(C(=O)O)n[nH]c2C)c1C. The van der Waals surface area contributed by atoms with Crippen LogP contribution in [0.25, 0.3) is 0 Å². The number of aryl methyl sites for hydroxylation is 2. The van der Waals surface area contributed by atoms with Crippen molar-refractivity contribution in [2.24, 2.45) is 0 Å². The number of nitrogens with one attached hydrogen (secondary N) is 3. The van der Waals surface area contributed by atoms with Crippen LogP contribution in [0, 0.1) is 20.8 Å². The lowest BCUT2D eigenvalue weighted by Crippen LogP contribution is -2.17. The first kappa shape index (κ1) is 14.1. The highest BCUT2D eigenvalue weighted by atomic mass is 32.2. The fourth-order valence-corrected chi connectivity index (χ4v) is 3.05. The van der Waals surface area contributed by atoms with Gasteiger partial charge in [0.25, 0.3) is 10.0 Å². The van der Waals surface area contributed by atoms with Crippen molar-refractivity contribution in [1.82, 2.24) is 20.4 Å². The molecule has 0 saturated carbocycles. The van der Waals surface area contributed by atoms with Gasteiger partial charge < -0.3 is 5.11 Å². The standard InChI is InChI=1S/C10H13N5O4S/c1-4-5(2)11-14-9(4)15-20(18,19)8-6(3)12-13-7(8)10(16)17/h1-3H3,(H,12,13)(H,16,17)(H2,11,14,15). The van der Waals surface area contributed by atoms with Gasteiger partial charge in [-0.2, -0.15) is 10.2 Å². The summed E-state index contributed by atoms with van der Waals surface area (Å²) in [6.07, 6.45) is 0. The summed E-state index contributed by atoms with van der Waals surface area (Å²) in [6, 6.07) is 0. The first-order chi connectivity index (χ1) is 9.24. The van der Waals surface area contributed by atoms with E-state index >= 15 is 0 Å². The monoisotopic (exact) mass is 299 g/mol. The molecule has 0 amide bonds. The van der Waals surface area contributed by atoms with Crippen molar-refractivity contribution in [2.45, 2.75) is 25.7 Å². The van der Waals surface area contributed by atoms with Gasteiger partial charge in [-0.05, 0) is 20.8 Å². The Kier molecular flexibility index (Phi) is 3.26. The van der Waals surface area contributed by atoms with Crippen molar-refractivity contribution in [2.75, 3.05) is 4.72 Å². The minimum absolute atomic E-state index is 0.124. The van der Waals surface area contributed by atoms with Crippen LogP contribution < -0.4 is 4.72 Å². The van der Waals surface area contributed by atoms with Gasteiger partial charge in [-0.15, -0.1) is 0 Å². The fourth-order valence-electron chi connectivity index (χ4n) is 1.66. The van der Waals surface area contributed by atoms with E-state index in [0.717, 1.165) is 0 Å². The number of aromatic carboxylic acids is 1. The molecular weight excluding hydrogens is 286 g/mol. The number of carboxylic acid groups (broad SMARTS) is 1. The molecule has 2 rings (SSSR count). The second-order valence-electron chi connectivity index (χ2n) is 4.26. The number of nitrogens with zero attached hydrogens (tertiary/aromatic N) is 2. The molecule has 0 unspecified atom stereocenters. The third-order valence-corrected chi connectivity index (χ3v) is 4.35. The Bertz CT molecular complexity index is 774. The van der Waals surface area contributed by atoms with Crippen molar-refractivity contribution in [3.05, 3.63) is 22.6 Å². The number of sulfonamides is 1. The highest BCUT2D eigenvalue weighted by Crippen LogP contribution is 2.23. The van der Waals surface area contributed by atoms with Gasteiger partial charge in [0.2, 0.25) is 0 Å². The Morgan fingerprint density at radius 1 is 1.15 bits per heavy atom. The predicted molar refractivity (Wildman–Crippen MR) is 69.2 cm³/mol. The third-order valence-electron chi connectivity index (χ3n) is 2.85. The smallest absolute Gasteiger partial charge is 0.357 e. The average molecular weight is 299 g/mol. The van der Waals surface area contributed by atoms with Crippen molar-refractivity contribution >= 4 is 21.8 Å². The van der Waals surface area contributed by atoms with E-state index in [2.05, 4.69) is 25.1 Å². The molecule has 108 valence electrons. The van der Waals surface area contributed by atoms with Gasteiger partial charge in [-0.1, -0.05) is 0 Å². The molecule has 0 fully saturated rings. The Balaban J connectivity index is 2.49. The van der Waals surface area contributed by atoms with E-state index in [0.29, 0.717) is 11.3 Å². The lowest BCUT2D eigenvalue weighted by Gasteiger charge is -2.06. The number of hydrogen-bond donors (Lipinski definition) is 4. The largest absolute Gasteiger partial charge is 0.476 e. The molecule has 0 spiro atoms. The van der Waals surface area contributed by atoms with Crippen LogP contribution in [0.2, 0.25) is 0 Å². The molecule has 0 radical (unpaired) electrons. The van der Waals surface area contributed by atoms with Gasteiger partial charge in [-0.3, -0.25) is 14.9 Å². The second kappa shape index (κ2) is 4.63. The zero-order chi connectivity index (χ0) is 15.1. The molecule has 20 heavy (non-hydrogen) atoms. The first-order valence-corrected chi connectivity index (χ1v) is 7.05. The first-order valence-electron chi connectivity index (χ1n) is 5.56. The molecule has 2 heterocycles. The third kappa shape index (κ3) is 2.25. The van der Waals surface area contributed by atoms with E-state index in [1.807, 2.05) is 0 Å². The molecule has 4 N–H and O–H groups in total. The molecule has 2 aromatic heterocycles. The molecule has 0 atom stereocenters. The van der Waals surface area contributed by atoms with Gasteiger partial charge >= 0.3 is 5.97 Å². The minimum atomic E-state index is -4.09. The summed E-state index contributed by atoms with van der Waals surface area (Å²) < 4.78 is 26.8. The number of carbonyl (C=O) groups is 1. The maximum Gasteiger partial charge on any atom is 0.357 e. The van der Waals surface area contributed by atoms with Crippen molar-refractivity contribution in [3.63, 3.8) is 0 Å². The van der Waals surface area contributed by atoms with Crippen LogP contribution in [0.5, 0.6) is 0 Å².